The zero-order valence-corrected chi connectivity index (χ0v) is 9.63. The molecule has 0 unspecified atom stereocenters. The van der Waals surface area contributed by atoms with Crippen molar-refractivity contribution in [2.75, 3.05) is 6.61 Å². The molecule has 17 heavy (non-hydrogen) atoms. The topological polar surface area (TPSA) is 60.9 Å². The van der Waals surface area contributed by atoms with E-state index in [4.69, 9.17) is 0 Å². The van der Waals surface area contributed by atoms with Gasteiger partial charge in [-0.1, -0.05) is 30.3 Å². The molecule has 4 nitrogen and oxygen atoms in total. The molecule has 2 aromatic rings. The van der Waals surface area contributed by atoms with E-state index in [0.717, 1.165) is 12.1 Å². The molecule has 3 N–H and O–H groups in total. The summed E-state index contributed by atoms with van der Waals surface area (Å²) in [5, 5.41) is 19.4. The summed E-state index contributed by atoms with van der Waals surface area (Å²) in [4.78, 5) is 0. The van der Waals surface area contributed by atoms with Crippen molar-refractivity contribution in [2.45, 2.75) is 19.0 Å². The number of hydrogen-bond donors (Lipinski definition) is 3. The first-order chi connectivity index (χ1) is 8.38. The predicted octanol–water partition coefficient (Wildman–Crippen LogP) is 1.10. The lowest BCUT2D eigenvalue weighted by molar-refractivity contribution is 0.240. The Balaban J connectivity index is 1.85. The van der Waals surface area contributed by atoms with Gasteiger partial charge in [0.15, 0.2) is 0 Å². The van der Waals surface area contributed by atoms with Gasteiger partial charge in [0.1, 0.15) is 0 Å². The van der Waals surface area contributed by atoms with Crippen LogP contribution in [0.4, 0.5) is 0 Å². The zero-order valence-electron chi connectivity index (χ0n) is 9.63. The summed E-state index contributed by atoms with van der Waals surface area (Å²) >= 11 is 0. The van der Waals surface area contributed by atoms with Gasteiger partial charge in [-0.25, -0.2) is 0 Å². The lowest BCUT2D eigenvalue weighted by atomic mass is 10.1. The maximum absolute atomic E-state index is 9.33. The van der Waals surface area contributed by atoms with Crippen LogP contribution in [-0.2, 0) is 13.0 Å². The Hall–Kier alpha value is -1.65. The van der Waals surface area contributed by atoms with Gasteiger partial charge in [0, 0.05) is 24.5 Å². The van der Waals surface area contributed by atoms with Crippen LogP contribution in [0, 0.1) is 0 Å². The van der Waals surface area contributed by atoms with E-state index in [-0.39, 0.29) is 12.6 Å². The van der Waals surface area contributed by atoms with Crippen molar-refractivity contribution in [3.8, 4) is 0 Å². The third kappa shape index (κ3) is 3.69. The minimum Gasteiger partial charge on any atom is -0.395 e. The summed E-state index contributed by atoms with van der Waals surface area (Å²) in [6.07, 6.45) is 2.55. The average molecular weight is 231 g/mol. The molecule has 0 aliphatic heterocycles. The van der Waals surface area contributed by atoms with Gasteiger partial charge in [-0.2, -0.15) is 5.10 Å². The number of aliphatic hydroxyl groups excluding tert-OH is 1. The molecule has 1 aromatic heterocycles. The van der Waals surface area contributed by atoms with E-state index in [9.17, 15) is 5.11 Å². The van der Waals surface area contributed by atoms with Crippen LogP contribution in [-0.4, -0.2) is 28.0 Å². The third-order valence-electron chi connectivity index (χ3n) is 2.68. The van der Waals surface area contributed by atoms with E-state index in [0.29, 0.717) is 6.54 Å². The van der Waals surface area contributed by atoms with Gasteiger partial charge in [-0.15, -0.1) is 0 Å². The molecule has 0 aliphatic carbocycles. The van der Waals surface area contributed by atoms with Crippen molar-refractivity contribution in [2.24, 2.45) is 0 Å². The van der Waals surface area contributed by atoms with Crippen LogP contribution in [0.1, 0.15) is 11.3 Å². The number of rotatable bonds is 6. The summed E-state index contributed by atoms with van der Waals surface area (Å²) in [5.74, 6) is 0. The van der Waals surface area contributed by atoms with E-state index in [1.807, 2.05) is 24.3 Å². The van der Waals surface area contributed by atoms with Gasteiger partial charge >= 0.3 is 0 Å². The van der Waals surface area contributed by atoms with Crippen LogP contribution in [0.25, 0.3) is 0 Å². The van der Waals surface area contributed by atoms with Crippen LogP contribution < -0.4 is 5.32 Å². The van der Waals surface area contributed by atoms with E-state index < -0.39 is 0 Å². The van der Waals surface area contributed by atoms with E-state index in [1.54, 1.807) is 6.20 Å². The van der Waals surface area contributed by atoms with Crippen molar-refractivity contribution >= 4 is 0 Å². The number of benzene rings is 1. The molecule has 1 heterocycles. The molecule has 0 fully saturated rings. The fourth-order valence-electron chi connectivity index (χ4n) is 1.74. The molecule has 0 spiro atoms. The highest BCUT2D eigenvalue weighted by Crippen LogP contribution is 2.03. The van der Waals surface area contributed by atoms with Gasteiger partial charge in [-0.05, 0) is 18.1 Å². The summed E-state index contributed by atoms with van der Waals surface area (Å²) in [7, 11) is 0. The Labute approximate surface area is 101 Å². The van der Waals surface area contributed by atoms with Crippen LogP contribution in [0.3, 0.4) is 0 Å². The lowest BCUT2D eigenvalue weighted by Gasteiger charge is -2.15. The van der Waals surface area contributed by atoms with Gasteiger partial charge in [0.05, 0.1) is 6.61 Å². The second-order valence-electron chi connectivity index (χ2n) is 4.03. The molecular weight excluding hydrogens is 214 g/mol. The summed E-state index contributed by atoms with van der Waals surface area (Å²) in [6, 6.07) is 12.2. The lowest BCUT2D eigenvalue weighted by Crippen LogP contribution is -2.34. The number of aromatic amines is 1. The van der Waals surface area contributed by atoms with Crippen molar-refractivity contribution in [1.29, 1.82) is 0 Å². The first-order valence-corrected chi connectivity index (χ1v) is 5.75. The van der Waals surface area contributed by atoms with Gasteiger partial charge in [0.2, 0.25) is 0 Å². The van der Waals surface area contributed by atoms with E-state index in [1.165, 1.54) is 5.56 Å². The molecule has 0 aliphatic rings. The smallest absolute Gasteiger partial charge is 0.0588 e. The maximum atomic E-state index is 9.33. The second-order valence-corrected chi connectivity index (χ2v) is 4.03. The Bertz CT molecular complexity index is 413. The zero-order chi connectivity index (χ0) is 11.9. The second kappa shape index (κ2) is 6.18. The average Bonchev–Trinajstić information content (AvgIpc) is 2.89. The van der Waals surface area contributed by atoms with Crippen molar-refractivity contribution in [3.63, 3.8) is 0 Å². The molecular formula is C13H17N3O. The van der Waals surface area contributed by atoms with Crippen molar-refractivity contribution < 1.29 is 5.11 Å². The SMILES string of the molecule is OC[C@@H](Cc1ccccc1)NCc1ccn[nH]1. The van der Waals surface area contributed by atoms with Gasteiger partial charge in [0.25, 0.3) is 0 Å². The largest absolute Gasteiger partial charge is 0.395 e. The van der Waals surface area contributed by atoms with Crippen LogP contribution in [0.15, 0.2) is 42.6 Å². The molecule has 1 aromatic carbocycles. The van der Waals surface area contributed by atoms with E-state index in [2.05, 4.69) is 27.6 Å². The van der Waals surface area contributed by atoms with Crippen LogP contribution in [0.2, 0.25) is 0 Å². The molecule has 0 saturated carbocycles. The number of nitrogens with one attached hydrogen (secondary N) is 2. The Morgan fingerprint density at radius 2 is 2.06 bits per heavy atom. The van der Waals surface area contributed by atoms with Crippen molar-refractivity contribution in [1.82, 2.24) is 15.5 Å². The highest BCUT2D eigenvalue weighted by atomic mass is 16.3. The van der Waals surface area contributed by atoms with Gasteiger partial charge in [-0.3, -0.25) is 5.10 Å². The normalized spacial score (nSPS) is 12.5. The standard InChI is InChI=1S/C13H17N3O/c17-10-13(8-11-4-2-1-3-5-11)14-9-12-6-7-15-16-12/h1-7,13-14,17H,8-10H2,(H,15,16)/t13-/m1/s1. The Kier molecular flexibility index (Phi) is 4.30. The van der Waals surface area contributed by atoms with Gasteiger partial charge < -0.3 is 10.4 Å². The quantitative estimate of drug-likeness (QED) is 0.697. The number of H-pyrrole nitrogens is 1. The summed E-state index contributed by atoms with van der Waals surface area (Å²) in [5.41, 5.74) is 2.25. The molecule has 0 saturated heterocycles. The third-order valence-corrected chi connectivity index (χ3v) is 2.68. The Morgan fingerprint density at radius 1 is 1.24 bits per heavy atom. The monoisotopic (exact) mass is 231 g/mol. The number of nitrogens with zero attached hydrogens (tertiary/aromatic N) is 1. The predicted molar refractivity (Wildman–Crippen MR) is 66.4 cm³/mol. The number of aliphatic hydroxyl groups is 1. The number of aromatic nitrogens is 2. The first kappa shape index (κ1) is 11.8. The molecule has 4 heteroatoms. The highest BCUT2D eigenvalue weighted by Gasteiger charge is 2.07. The maximum Gasteiger partial charge on any atom is 0.0588 e. The van der Waals surface area contributed by atoms with Crippen molar-refractivity contribution in [3.05, 3.63) is 53.9 Å². The minimum atomic E-state index is 0.0701. The molecule has 0 radical (unpaired) electrons. The highest BCUT2D eigenvalue weighted by molar-refractivity contribution is 5.16. The molecule has 0 bridgehead atoms. The van der Waals surface area contributed by atoms with Crippen LogP contribution >= 0.6 is 0 Å². The molecule has 2 rings (SSSR count). The molecule has 0 amide bonds. The molecule has 1 atom stereocenters. The Morgan fingerprint density at radius 3 is 2.71 bits per heavy atom. The van der Waals surface area contributed by atoms with Crippen LogP contribution in [0.5, 0.6) is 0 Å². The fraction of sp³-hybridized carbons (Fsp3) is 0.308. The summed E-state index contributed by atoms with van der Waals surface area (Å²) < 4.78 is 0. The van der Waals surface area contributed by atoms with E-state index >= 15 is 0 Å². The number of hydrogen-bond acceptors (Lipinski definition) is 3. The first-order valence-electron chi connectivity index (χ1n) is 5.75. The molecule has 90 valence electrons. The minimum absolute atomic E-state index is 0.0701. The fourth-order valence-corrected chi connectivity index (χ4v) is 1.74. The summed E-state index contributed by atoms with van der Waals surface area (Å²) in [6.45, 7) is 0.821.